The summed E-state index contributed by atoms with van der Waals surface area (Å²) in [6.45, 7) is 6.14. The molecule has 0 aliphatic carbocycles. The molecule has 1 aromatic heterocycles. The van der Waals surface area contributed by atoms with Gasteiger partial charge in [-0.2, -0.15) is 0 Å². The predicted molar refractivity (Wildman–Crippen MR) is 47.6 cm³/mol. The third-order valence-electron chi connectivity index (χ3n) is 2.35. The molecule has 0 fully saturated rings. The van der Waals surface area contributed by atoms with Crippen molar-refractivity contribution in [1.82, 2.24) is 4.98 Å². The van der Waals surface area contributed by atoms with Crippen LogP contribution in [0.3, 0.4) is 0 Å². The minimum absolute atomic E-state index is 0.00810. The molecule has 2 unspecified atom stereocenters. The maximum atomic E-state index is 5.97. The van der Waals surface area contributed by atoms with Crippen LogP contribution in [0.25, 0.3) is 0 Å². The maximum absolute atomic E-state index is 5.97. The van der Waals surface area contributed by atoms with Crippen molar-refractivity contribution in [2.24, 2.45) is 11.7 Å². The molecule has 0 amide bonds. The summed E-state index contributed by atoms with van der Waals surface area (Å²) in [5, 5.41) is 0. The number of oxazole rings is 1. The van der Waals surface area contributed by atoms with Gasteiger partial charge < -0.3 is 10.2 Å². The zero-order valence-electron chi connectivity index (χ0n) is 7.87. The normalized spacial score (nSPS) is 16.0. The molecule has 0 aliphatic rings. The maximum Gasteiger partial charge on any atom is 0.181 e. The molecule has 1 heterocycles. The predicted octanol–water partition coefficient (Wildman–Crippen LogP) is 2.03. The van der Waals surface area contributed by atoms with Crippen molar-refractivity contribution in [2.45, 2.75) is 33.2 Å². The topological polar surface area (TPSA) is 52.0 Å². The van der Waals surface area contributed by atoms with Crippen LogP contribution in [0.1, 0.15) is 37.8 Å². The first-order valence-corrected chi connectivity index (χ1v) is 4.32. The van der Waals surface area contributed by atoms with Gasteiger partial charge in [-0.05, 0) is 12.8 Å². The zero-order chi connectivity index (χ0) is 9.14. The van der Waals surface area contributed by atoms with E-state index in [9.17, 15) is 0 Å². The molecule has 0 aliphatic heterocycles. The lowest BCUT2D eigenvalue weighted by Gasteiger charge is -2.15. The lowest BCUT2D eigenvalue weighted by molar-refractivity contribution is 0.441. The largest absolute Gasteiger partial charge is 0.448 e. The Labute approximate surface area is 73.0 Å². The smallest absolute Gasteiger partial charge is 0.181 e. The van der Waals surface area contributed by atoms with E-state index in [-0.39, 0.29) is 6.04 Å². The van der Waals surface area contributed by atoms with Crippen molar-refractivity contribution in [1.29, 1.82) is 0 Å². The van der Waals surface area contributed by atoms with Gasteiger partial charge in [0.25, 0.3) is 0 Å². The fourth-order valence-corrected chi connectivity index (χ4v) is 1.16. The van der Waals surface area contributed by atoms with Gasteiger partial charge in [0.1, 0.15) is 5.76 Å². The molecule has 0 saturated carbocycles. The van der Waals surface area contributed by atoms with Gasteiger partial charge in [-0.3, -0.25) is 0 Å². The molecule has 3 nitrogen and oxygen atoms in total. The summed E-state index contributed by atoms with van der Waals surface area (Å²) in [4.78, 5) is 4.09. The van der Waals surface area contributed by atoms with Crippen LogP contribution in [0.4, 0.5) is 0 Å². The number of aromatic nitrogens is 1. The van der Waals surface area contributed by atoms with Gasteiger partial charge in [0, 0.05) is 0 Å². The summed E-state index contributed by atoms with van der Waals surface area (Å²) < 4.78 is 5.09. The van der Waals surface area contributed by atoms with E-state index in [4.69, 9.17) is 10.2 Å². The molecule has 1 aromatic rings. The Morgan fingerprint density at radius 3 is 2.75 bits per heavy atom. The van der Waals surface area contributed by atoms with Crippen LogP contribution in [0.15, 0.2) is 10.8 Å². The minimum atomic E-state index is 0.00810. The molecule has 0 radical (unpaired) electrons. The van der Waals surface area contributed by atoms with Crippen LogP contribution >= 0.6 is 0 Å². The number of aryl methyl sites for hydroxylation is 1. The van der Waals surface area contributed by atoms with Gasteiger partial charge in [-0.15, -0.1) is 0 Å². The van der Waals surface area contributed by atoms with E-state index in [2.05, 4.69) is 18.8 Å². The molecule has 12 heavy (non-hydrogen) atoms. The van der Waals surface area contributed by atoms with E-state index in [1.165, 1.54) is 6.39 Å². The van der Waals surface area contributed by atoms with E-state index < -0.39 is 0 Å². The van der Waals surface area contributed by atoms with Gasteiger partial charge in [-0.1, -0.05) is 20.3 Å². The molecule has 0 aromatic carbocycles. The van der Waals surface area contributed by atoms with E-state index in [1.54, 1.807) is 0 Å². The first kappa shape index (κ1) is 9.26. The highest BCUT2D eigenvalue weighted by Gasteiger charge is 2.18. The minimum Gasteiger partial charge on any atom is -0.448 e. The second-order valence-corrected chi connectivity index (χ2v) is 3.21. The highest BCUT2D eigenvalue weighted by atomic mass is 16.3. The lowest BCUT2D eigenvalue weighted by Crippen LogP contribution is -2.19. The summed E-state index contributed by atoms with van der Waals surface area (Å²) >= 11 is 0. The summed E-state index contributed by atoms with van der Waals surface area (Å²) in [5.41, 5.74) is 6.86. The van der Waals surface area contributed by atoms with Crippen LogP contribution in [0.5, 0.6) is 0 Å². The second kappa shape index (κ2) is 3.72. The van der Waals surface area contributed by atoms with Crippen LogP contribution in [0.2, 0.25) is 0 Å². The van der Waals surface area contributed by atoms with Crippen molar-refractivity contribution in [3.63, 3.8) is 0 Å². The highest BCUT2D eigenvalue weighted by molar-refractivity contribution is 5.10. The molecule has 3 heteroatoms. The van der Waals surface area contributed by atoms with Crippen LogP contribution < -0.4 is 5.73 Å². The van der Waals surface area contributed by atoms with Gasteiger partial charge in [-0.25, -0.2) is 4.98 Å². The monoisotopic (exact) mass is 168 g/mol. The van der Waals surface area contributed by atoms with Crippen molar-refractivity contribution >= 4 is 0 Å². The Kier molecular flexibility index (Phi) is 2.87. The highest BCUT2D eigenvalue weighted by Crippen LogP contribution is 2.22. The zero-order valence-corrected chi connectivity index (χ0v) is 7.87. The Morgan fingerprint density at radius 1 is 1.67 bits per heavy atom. The van der Waals surface area contributed by atoms with E-state index >= 15 is 0 Å². The Bertz CT molecular complexity index is 244. The van der Waals surface area contributed by atoms with Crippen LogP contribution in [-0.2, 0) is 0 Å². The van der Waals surface area contributed by atoms with Crippen molar-refractivity contribution in [2.75, 3.05) is 0 Å². The molecule has 2 N–H and O–H groups in total. The average Bonchev–Trinajstić information content (AvgIpc) is 2.48. The first-order chi connectivity index (χ1) is 5.66. The summed E-state index contributed by atoms with van der Waals surface area (Å²) in [7, 11) is 0. The molecule has 1 rings (SSSR count). The quantitative estimate of drug-likeness (QED) is 0.751. The van der Waals surface area contributed by atoms with Crippen LogP contribution in [-0.4, -0.2) is 4.98 Å². The average molecular weight is 168 g/mol. The fraction of sp³-hybridized carbons (Fsp3) is 0.667. The van der Waals surface area contributed by atoms with Crippen molar-refractivity contribution in [3.05, 3.63) is 17.8 Å². The third-order valence-corrected chi connectivity index (χ3v) is 2.35. The summed E-state index contributed by atoms with van der Waals surface area (Å²) in [6.07, 6.45) is 2.51. The molecule has 2 atom stereocenters. The number of hydrogen-bond acceptors (Lipinski definition) is 3. The SMILES string of the molecule is CCC(C)C(N)c1ncoc1C. The standard InChI is InChI=1S/C9H16N2O/c1-4-6(2)8(10)9-7(3)12-5-11-9/h5-6,8H,4,10H2,1-3H3. The molecule has 68 valence electrons. The van der Waals surface area contributed by atoms with Gasteiger partial charge in [0.2, 0.25) is 0 Å². The fourth-order valence-electron chi connectivity index (χ4n) is 1.16. The molecule has 0 bridgehead atoms. The Hall–Kier alpha value is -0.830. The van der Waals surface area contributed by atoms with Gasteiger partial charge in [0.05, 0.1) is 11.7 Å². The summed E-state index contributed by atoms with van der Waals surface area (Å²) in [6, 6.07) is 0.00810. The van der Waals surface area contributed by atoms with Crippen LogP contribution in [0, 0.1) is 12.8 Å². The summed E-state index contributed by atoms with van der Waals surface area (Å²) in [5.74, 6) is 1.29. The van der Waals surface area contributed by atoms with E-state index in [1.807, 2.05) is 6.92 Å². The number of nitrogens with two attached hydrogens (primary N) is 1. The lowest BCUT2D eigenvalue weighted by atomic mass is 9.97. The molecule has 0 spiro atoms. The Morgan fingerprint density at radius 2 is 2.33 bits per heavy atom. The molecular weight excluding hydrogens is 152 g/mol. The van der Waals surface area contributed by atoms with E-state index in [0.717, 1.165) is 17.9 Å². The second-order valence-electron chi connectivity index (χ2n) is 3.21. The van der Waals surface area contributed by atoms with Gasteiger partial charge in [0.15, 0.2) is 6.39 Å². The van der Waals surface area contributed by atoms with Crippen molar-refractivity contribution < 1.29 is 4.42 Å². The first-order valence-electron chi connectivity index (χ1n) is 4.32. The Balaban J connectivity index is 2.77. The number of rotatable bonds is 3. The number of hydrogen-bond donors (Lipinski definition) is 1. The number of nitrogens with zero attached hydrogens (tertiary/aromatic N) is 1. The molecular formula is C9H16N2O. The third kappa shape index (κ3) is 1.67. The van der Waals surface area contributed by atoms with Gasteiger partial charge >= 0.3 is 0 Å². The van der Waals surface area contributed by atoms with E-state index in [0.29, 0.717) is 5.92 Å². The van der Waals surface area contributed by atoms with Crippen molar-refractivity contribution in [3.8, 4) is 0 Å². The molecule has 0 saturated heterocycles.